The third kappa shape index (κ3) is 3.87. The summed E-state index contributed by atoms with van der Waals surface area (Å²) in [5.41, 5.74) is 3.39. The Morgan fingerprint density at radius 2 is 1.92 bits per heavy atom. The van der Waals surface area contributed by atoms with E-state index >= 15 is 0 Å². The Bertz CT molecular complexity index is 704. The van der Waals surface area contributed by atoms with Crippen molar-refractivity contribution in [3.8, 4) is 5.75 Å². The first-order valence-electron chi connectivity index (χ1n) is 7.67. The van der Waals surface area contributed by atoms with Gasteiger partial charge in [0.05, 0.1) is 0 Å². The number of carbonyl (C=O) groups is 2. The fourth-order valence-corrected chi connectivity index (χ4v) is 3.15. The molecular formula is C16H19F3N2O4. The van der Waals surface area contributed by atoms with Crippen LogP contribution in [0.25, 0.3) is 0 Å². The zero-order chi connectivity index (χ0) is 18.9. The summed E-state index contributed by atoms with van der Waals surface area (Å²) in [4.78, 5) is 23.4. The molecule has 2 heterocycles. The highest BCUT2D eigenvalue weighted by Gasteiger charge is 2.38. The number of aliphatic carboxylic acids is 1. The van der Waals surface area contributed by atoms with Crippen LogP contribution in [0.5, 0.6) is 5.75 Å². The molecule has 9 heteroatoms. The lowest BCUT2D eigenvalue weighted by molar-refractivity contribution is -0.192. The second kappa shape index (κ2) is 6.91. The number of rotatable bonds is 0. The van der Waals surface area contributed by atoms with Gasteiger partial charge in [-0.2, -0.15) is 13.2 Å². The first kappa shape index (κ1) is 19.0. The number of piperazine rings is 1. The first-order valence-corrected chi connectivity index (χ1v) is 7.67. The summed E-state index contributed by atoms with van der Waals surface area (Å²) in [6, 6.07) is 2.08. The Kier molecular flexibility index (Phi) is 5.26. The molecule has 0 saturated carbocycles. The summed E-state index contributed by atoms with van der Waals surface area (Å²) in [5.74, 6) is -2.38. The van der Waals surface area contributed by atoms with Crippen molar-refractivity contribution in [2.75, 3.05) is 19.6 Å². The van der Waals surface area contributed by atoms with E-state index in [1.807, 2.05) is 24.8 Å². The number of carboxylic acid groups (broad SMARTS) is 1. The molecule has 3 N–H and O–H groups in total. The van der Waals surface area contributed by atoms with Crippen LogP contribution in [-0.4, -0.2) is 58.8 Å². The molecule has 0 aromatic heterocycles. The van der Waals surface area contributed by atoms with Gasteiger partial charge in [-0.05, 0) is 31.4 Å². The van der Waals surface area contributed by atoms with E-state index in [0.29, 0.717) is 5.75 Å². The van der Waals surface area contributed by atoms with Gasteiger partial charge < -0.3 is 20.4 Å². The number of hydrogen-bond acceptors (Lipinski definition) is 4. The molecule has 25 heavy (non-hydrogen) atoms. The monoisotopic (exact) mass is 360 g/mol. The van der Waals surface area contributed by atoms with Crippen molar-refractivity contribution in [2.24, 2.45) is 0 Å². The summed E-state index contributed by atoms with van der Waals surface area (Å²) in [7, 11) is 0. The van der Waals surface area contributed by atoms with Gasteiger partial charge in [-0.3, -0.25) is 4.79 Å². The van der Waals surface area contributed by atoms with Crippen molar-refractivity contribution in [3.63, 3.8) is 0 Å². The van der Waals surface area contributed by atoms with Crippen LogP contribution in [0.15, 0.2) is 6.07 Å². The van der Waals surface area contributed by atoms with Crippen LogP contribution in [0.2, 0.25) is 0 Å². The molecule has 138 valence electrons. The number of hydrogen-bond donors (Lipinski definition) is 3. The summed E-state index contributed by atoms with van der Waals surface area (Å²) in [5, 5.41) is 20.6. The molecule has 0 unspecified atom stereocenters. The highest BCUT2D eigenvalue weighted by Crippen LogP contribution is 2.35. The van der Waals surface area contributed by atoms with Gasteiger partial charge in [-0.1, -0.05) is 6.07 Å². The minimum Gasteiger partial charge on any atom is -0.507 e. The number of halogens is 3. The molecule has 6 nitrogen and oxygen atoms in total. The van der Waals surface area contributed by atoms with Crippen LogP contribution >= 0.6 is 0 Å². The van der Waals surface area contributed by atoms with Gasteiger partial charge >= 0.3 is 12.1 Å². The van der Waals surface area contributed by atoms with Crippen LogP contribution in [-0.2, 0) is 11.2 Å². The number of nitrogens with zero attached hydrogens (tertiary/aromatic N) is 1. The molecule has 0 radical (unpaired) electrons. The van der Waals surface area contributed by atoms with Gasteiger partial charge in [-0.25, -0.2) is 4.79 Å². The quantitative estimate of drug-likeness (QED) is 0.654. The van der Waals surface area contributed by atoms with E-state index in [-0.39, 0.29) is 11.9 Å². The largest absolute Gasteiger partial charge is 0.507 e. The highest BCUT2D eigenvalue weighted by atomic mass is 19.4. The van der Waals surface area contributed by atoms with Crippen LogP contribution in [0.4, 0.5) is 13.2 Å². The number of carboxylic acids is 1. The predicted molar refractivity (Wildman–Crippen MR) is 82.7 cm³/mol. The number of amides is 1. The fraction of sp³-hybridized carbons (Fsp3) is 0.500. The van der Waals surface area contributed by atoms with E-state index in [0.717, 1.165) is 48.3 Å². The lowest BCUT2D eigenvalue weighted by Crippen LogP contribution is -2.56. The zero-order valence-electron chi connectivity index (χ0n) is 13.8. The number of phenolic OH excluding ortho intramolecular Hbond substituents is 1. The van der Waals surface area contributed by atoms with E-state index in [2.05, 4.69) is 5.32 Å². The molecule has 2 aliphatic heterocycles. The summed E-state index contributed by atoms with van der Waals surface area (Å²) in [6.45, 7) is 6.27. The van der Waals surface area contributed by atoms with Crippen molar-refractivity contribution < 1.29 is 33.0 Å². The summed E-state index contributed by atoms with van der Waals surface area (Å²) >= 11 is 0. The molecule has 1 fully saturated rings. The van der Waals surface area contributed by atoms with Gasteiger partial charge in [0, 0.05) is 36.8 Å². The molecule has 1 atom stereocenters. The Balaban J connectivity index is 0.000000277. The van der Waals surface area contributed by atoms with Crippen LogP contribution in [0, 0.1) is 13.8 Å². The maximum atomic E-state index is 12.5. The van der Waals surface area contributed by atoms with Gasteiger partial charge in [0.25, 0.3) is 5.91 Å². The van der Waals surface area contributed by atoms with Crippen molar-refractivity contribution >= 4 is 11.9 Å². The molecule has 2 aliphatic rings. The molecule has 3 rings (SSSR count). The highest BCUT2D eigenvalue weighted by molar-refractivity contribution is 5.99. The minimum atomic E-state index is -5.08. The van der Waals surface area contributed by atoms with Crippen LogP contribution < -0.4 is 5.32 Å². The van der Waals surface area contributed by atoms with Gasteiger partial charge in [0.15, 0.2) is 0 Å². The SMILES string of the molecule is Cc1cc(C)c2c(c1O)C[C@@H]1CNCCN1C2=O.O=C(O)C(F)(F)F. The number of aromatic hydroxyl groups is 1. The summed E-state index contributed by atoms with van der Waals surface area (Å²) < 4.78 is 31.7. The average Bonchev–Trinajstić information content (AvgIpc) is 2.52. The Labute approximate surface area is 142 Å². The second-order valence-electron chi connectivity index (χ2n) is 6.08. The van der Waals surface area contributed by atoms with Crippen LogP contribution in [0.3, 0.4) is 0 Å². The number of phenols is 1. The Morgan fingerprint density at radius 1 is 1.32 bits per heavy atom. The standard InChI is InChI=1S/C14H18N2O2.C2HF3O2/c1-8-5-9(2)13(17)11-6-10-7-15-3-4-16(10)14(18)12(8)11;3-2(4,5)1(6)7/h5,10,15,17H,3-4,6-7H2,1-2H3;(H,6,7)/t10-;/m1./s1. The number of benzene rings is 1. The maximum absolute atomic E-state index is 12.5. The third-order valence-electron chi connectivity index (χ3n) is 4.30. The zero-order valence-corrected chi connectivity index (χ0v) is 13.8. The van der Waals surface area contributed by atoms with Crippen LogP contribution in [0.1, 0.15) is 27.0 Å². The summed E-state index contributed by atoms with van der Waals surface area (Å²) in [6.07, 6.45) is -4.33. The third-order valence-corrected chi connectivity index (χ3v) is 4.30. The molecule has 1 aromatic carbocycles. The maximum Gasteiger partial charge on any atom is 0.490 e. The molecule has 0 aliphatic carbocycles. The Hall–Kier alpha value is -2.29. The molecule has 1 amide bonds. The van der Waals surface area contributed by atoms with E-state index < -0.39 is 12.1 Å². The fourth-order valence-electron chi connectivity index (χ4n) is 3.15. The van der Waals surface area contributed by atoms with Gasteiger partial charge in [-0.15, -0.1) is 0 Å². The number of fused-ring (bicyclic) bond motifs is 2. The molecule has 0 bridgehead atoms. The lowest BCUT2D eigenvalue weighted by atomic mass is 9.87. The van der Waals surface area contributed by atoms with Crippen molar-refractivity contribution in [2.45, 2.75) is 32.5 Å². The molecule has 0 spiro atoms. The van der Waals surface area contributed by atoms with E-state index in [4.69, 9.17) is 9.90 Å². The minimum absolute atomic E-state index is 0.0792. The molecule has 1 aromatic rings. The number of alkyl halides is 3. The second-order valence-corrected chi connectivity index (χ2v) is 6.08. The van der Waals surface area contributed by atoms with Crippen molar-refractivity contribution in [1.82, 2.24) is 10.2 Å². The van der Waals surface area contributed by atoms with Gasteiger partial charge in [0.1, 0.15) is 5.75 Å². The molecular weight excluding hydrogens is 341 g/mol. The average molecular weight is 360 g/mol. The van der Waals surface area contributed by atoms with Crippen molar-refractivity contribution in [3.05, 3.63) is 28.3 Å². The normalized spacial score (nSPS) is 19.5. The number of nitrogens with one attached hydrogen (secondary N) is 1. The predicted octanol–water partition coefficient (Wildman–Crippen LogP) is 1.61. The van der Waals surface area contributed by atoms with Crippen molar-refractivity contribution in [1.29, 1.82) is 0 Å². The number of aryl methyl sites for hydroxylation is 2. The molecule has 1 saturated heterocycles. The Morgan fingerprint density at radius 3 is 2.48 bits per heavy atom. The smallest absolute Gasteiger partial charge is 0.490 e. The van der Waals surface area contributed by atoms with E-state index in [1.165, 1.54) is 0 Å². The van der Waals surface area contributed by atoms with E-state index in [1.54, 1.807) is 0 Å². The topological polar surface area (TPSA) is 89.9 Å². The lowest BCUT2D eigenvalue weighted by Gasteiger charge is -2.41. The van der Waals surface area contributed by atoms with Gasteiger partial charge in [0.2, 0.25) is 0 Å². The number of carbonyl (C=O) groups excluding carboxylic acids is 1. The van der Waals surface area contributed by atoms with E-state index in [9.17, 15) is 23.1 Å². The first-order chi connectivity index (χ1) is 11.5.